The maximum atomic E-state index is 13.9. The highest BCUT2D eigenvalue weighted by Crippen LogP contribution is 2.37. The van der Waals surface area contributed by atoms with E-state index in [0.29, 0.717) is 54.3 Å². The average Bonchev–Trinajstić information content (AvgIpc) is 3.20. The van der Waals surface area contributed by atoms with E-state index in [0.717, 1.165) is 6.07 Å². The third kappa shape index (κ3) is 4.96. The van der Waals surface area contributed by atoms with Crippen molar-refractivity contribution in [2.75, 3.05) is 48.8 Å². The minimum Gasteiger partial charge on any atom is -0.408 e. The molecule has 0 atom stereocenters. The van der Waals surface area contributed by atoms with Crippen LogP contribution in [0.15, 0.2) is 45.9 Å². The molecular weight excluding hydrogens is 477 g/mol. The normalized spacial score (nSPS) is 14.9. The van der Waals surface area contributed by atoms with E-state index in [4.69, 9.17) is 4.42 Å². The largest absolute Gasteiger partial charge is 0.420 e. The molecule has 10 nitrogen and oxygen atoms in total. The first-order valence-electron chi connectivity index (χ1n) is 11.2. The molecule has 0 amide bonds. The third-order valence-electron chi connectivity index (χ3n) is 5.88. The van der Waals surface area contributed by atoms with Crippen LogP contribution in [0.4, 0.5) is 42.1 Å². The second-order valence-electron chi connectivity index (χ2n) is 8.58. The van der Waals surface area contributed by atoms with Gasteiger partial charge >= 0.3 is 11.9 Å². The Hall–Kier alpha value is -4.13. The summed E-state index contributed by atoms with van der Waals surface area (Å²) < 4.78 is 46.7. The number of nitrogens with one attached hydrogen (secondary N) is 3. The van der Waals surface area contributed by atoms with Gasteiger partial charge in [-0.05, 0) is 38.2 Å². The molecule has 0 saturated carbocycles. The third-order valence-corrected chi connectivity index (χ3v) is 5.88. The van der Waals surface area contributed by atoms with E-state index in [1.54, 1.807) is 36.2 Å². The lowest BCUT2D eigenvalue weighted by Crippen LogP contribution is -2.45. The van der Waals surface area contributed by atoms with Crippen LogP contribution in [0.2, 0.25) is 0 Å². The summed E-state index contributed by atoms with van der Waals surface area (Å²) in [4.78, 5) is 30.4. The summed E-state index contributed by atoms with van der Waals surface area (Å²) in [5, 5.41) is 5.96. The van der Waals surface area contributed by atoms with Crippen molar-refractivity contribution < 1.29 is 17.6 Å². The Labute approximate surface area is 203 Å². The number of halogens is 3. The van der Waals surface area contributed by atoms with Crippen LogP contribution in [0.3, 0.4) is 0 Å². The number of aromatic nitrogens is 4. The molecule has 0 spiro atoms. The van der Waals surface area contributed by atoms with Gasteiger partial charge in [-0.15, -0.1) is 0 Å². The van der Waals surface area contributed by atoms with E-state index in [1.807, 2.05) is 7.05 Å². The first-order chi connectivity index (χ1) is 17.2. The van der Waals surface area contributed by atoms with Crippen molar-refractivity contribution in [2.45, 2.75) is 13.1 Å². The number of pyridine rings is 1. The summed E-state index contributed by atoms with van der Waals surface area (Å²) in [5.74, 6) is -0.0998. The number of hydrogen-bond donors (Lipinski definition) is 3. The molecule has 0 radical (unpaired) electrons. The molecule has 3 aromatic heterocycles. The van der Waals surface area contributed by atoms with Crippen LogP contribution in [0.5, 0.6) is 0 Å². The van der Waals surface area contributed by atoms with Crippen molar-refractivity contribution in [2.24, 2.45) is 0 Å². The van der Waals surface area contributed by atoms with Crippen molar-refractivity contribution in [1.82, 2.24) is 24.8 Å². The average molecular weight is 500 g/mol. The highest BCUT2D eigenvalue weighted by atomic mass is 19.4. The molecule has 1 saturated heterocycles. The summed E-state index contributed by atoms with van der Waals surface area (Å²) in [6.45, 7) is 4.05. The molecule has 5 rings (SSSR count). The van der Waals surface area contributed by atoms with Crippen LogP contribution in [-0.2, 0) is 6.18 Å². The number of likely N-dealkylation sites (N-methyl/N-ethyl adjacent to an activating group) is 1. The number of alkyl halides is 3. The molecule has 13 heteroatoms. The Morgan fingerprint density at radius 3 is 2.56 bits per heavy atom. The molecule has 1 aromatic carbocycles. The second kappa shape index (κ2) is 9.15. The quantitative estimate of drug-likeness (QED) is 0.376. The number of anilines is 5. The van der Waals surface area contributed by atoms with E-state index >= 15 is 0 Å². The summed E-state index contributed by atoms with van der Waals surface area (Å²) in [6, 6.07) is 6.06. The maximum Gasteiger partial charge on any atom is 0.420 e. The Morgan fingerprint density at radius 2 is 1.81 bits per heavy atom. The van der Waals surface area contributed by atoms with Gasteiger partial charge in [0.25, 0.3) is 0 Å². The Bertz CT molecular complexity index is 1460. The second-order valence-corrected chi connectivity index (χ2v) is 8.58. The summed E-state index contributed by atoms with van der Waals surface area (Å²) in [5.41, 5.74) is 1.57. The Kier molecular flexibility index (Phi) is 6.00. The number of nitrogens with zero attached hydrogens (tertiary/aromatic N) is 5. The maximum absolute atomic E-state index is 13.9. The molecule has 0 aliphatic carbocycles. The van der Waals surface area contributed by atoms with Crippen molar-refractivity contribution in [3.63, 3.8) is 0 Å². The van der Waals surface area contributed by atoms with Gasteiger partial charge in [-0.3, -0.25) is 4.98 Å². The van der Waals surface area contributed by atoms with Gasteiger partial charge in [0.05, 0.1) is 17.4 Å². The molecule has 1 fully saturated rings. The number of H-pyrrole nitrogens is 1. The van der Waals surface area contributed by atoms with E-state index in [1.165, 1.54) is 6.20 Å². The number of rotatable bonds is 5. The van der Waals surface area contributed by atoms with Gasteiger partial charge in [0.2, 0.25) is 5.95 Å². The fourth-order valence-corrected chi connectivity index (χ4v) is 3.93. The van der Waals surface area contributed by atoms with Crippen molar-refractivity contribution >= 4 is 40.1 Å². The SMILES string of the molecule is Cc1cnc(Nc2cnc(N3CCN(C)CC3)c(C(F)(F)F)c2)nc1Nc1ccc2oc(=O)[nH]c2c1. The smallest absolute Gasteiger partial charge is 0.408 e. The van der Waals surface area contributed by atoms with Gasteiger partial charge in [-0.25, -0.2) is 14.8 Å². The molecule has 36 heavy (non-hydrogen) atoms. The monoisotopic (exact) mass is 500 g/mol. The van der Waals surface area contributed by atoms with Gasteiger partial charge < -0.3 is 24.9 Å². The predicted molar refractivity (Wildman–Crippen MR) is 129 cm³/mol. The van der Waals surface area contributed by atoms with Crippen LogP contribution in [-0.4, -0.2) is 58.1 Å². The molecule has 4 heterocycles. The molecule has 0 bridgehead atoms. The number of oxazole rings is 1. The van der Waals surface area contributed by atoms with Gasteiger partial charge in [0.15, 0.2) is 5.58 Å². The lowest BCUT2D eigenvalue weighted by Gasteiger charge is -2.34. The Morgan fingerprint density at radius 1 is 1.03 bits per heavy atom. The van der Waals surface area contributed by atoms with Gasteiger partial charge in [0.1, 0.15) is 17.2 Å². The van der Waals surface area contributed by atoms with Crippen molar-refractivity contribution in [1.29, 1.82) is 0 Å². The van der Waals surface area contributed by atoms with E-state index in [2.05, 4.69) is 35.5 Å². The van der Waals surface area contributed by atoms with Crippen molar-refractivity contribution in [3.05, 3.63) is 58.3 Å². The van der Waals surface area contributed by atoms with Crippen LogP contribution in [0, 0.1) is 6.92 Å². The standard InChI is InChI=1S/C23H23F3N8O2/c1-13-11-28-21(32-19(13)29-14-3-4-18-17(10-14)31-22(35)36-18)30-15-9-16(23(24,25)26)20(27-12-15)34-7-5-33(2)6-8-34/h3-4,9-12H,5-8H2,1-2H3,(H,31,35)(H2,28,29,30,32). The molecule has 0 unspecified atom stereocenters. The first-order valence-corrected chi connectivity index (χ1v) is 11.2. The van der Waals surface area contributed by atoms with Gasteiger partial charge in [-0.1, -0.05) is 0 Å². The predicted octanol–water partition coefficient (Wildman–Crippen LogP) is 3.87. The van der Waals surface area contributed by atoms with Gasteiger partial charge in [0, 0.05) is 43.6 Å². The van der Waals surface area contributed by atoms with E-state index < -0.39 is 17.5 Å². The van der Waals surface area contributed by atoms with E-state index in [-0.39, 0.29) is 17.5 Å². The zero-order valence-corrected chi connectivity index (χ0v) is 19.5. The topological polar surface area (TPSA) is 115 Å². The Balaban J connectivity index is 1.39. The minimum atomic E-state index is -4.57. The molecule has 1 aliphatic rings. The number of piperazine rings is 1. The highest BCUT2D eigenvalue weighted by Gasteiger charge is 2.37. The van der Waals surface area contributed by atoms with Crippen molar-refractivity contribution in [3.8, 4) is 0 Å². The fourth-order valence-electron chi connectivity index (χ4n) is 3.93. The van der Waals surface area contributed by atoms with E-state index in [9.17, 15) is 18.0 Å². The first kappa shape index (κ1) is 23.6. The number of benzene rings is 1. The zero-order chi connectivity index (χ0) is 25.4. The van der Waals surface area contributed by atoms with Crippen LogP contribution in [0.1, 0.15) is 11.1 Å². The molecular formula is C23H23F3N8O2. The molecule has 1 aliphatic heterocycles. The molecule has 3 N–H and O–H groups in total. The summed E-state index contributed by atoms with van der Waals surface area (Å²) in [7, 11) is 1.93. The fraction of sp³-hybridized carbons (Fsp3) is 0.304. The zero-order valence-electron chi connectivity index (χ0n) is 19.5. The minimum absolute atomic E-state index is 0.0824. The number of aryl methyl sites for hydroxylation is 1. The van der Waals surface area contributed by atoms with Crippen LogP contribution in [0.25, 0.3) is 11.1 Å². The number of fused-ring (bicyclic) bond motifs is 1. The lowest BCUT2D eigenvalue weighted by atomic mass is 10.2. The lowest BCUT2D eigenvalue weighted by molar-refractivity contribution is -0.137. The number of hydrogen-bond acceptors (Lipinski definition) is 9. The van der Waals surface area contributed by atoms with Crippen LogP contribution < -0.4 is 21.3 Å². The number of aromatic amines is 1. The molecule has 4 aromatic rings. The molecule has 188 valence electrons. The highest BCUT2D eigenvalue weighted by molar-refractivity contribution is 5.78. The summed E-state index contributed by atoms with van der Waals surface area (Å²) >= 11 is 0. The summed E-state index contributed by atoms with van der Waals surface area (Å²) in [6.07, 6.45) is -1.67. The van der Waals surface area contributed by atoms with Crippen LogP contribution >= 0.6 is 0 Å². The van der Waals surface area contributed by atoms with Gasteiger partial charge in [-0.2, -0.15) is 18.2 Å².